The zero-order valence-electron chi connectivity index (χ0n) is 25.4. The monoisotopic (exact) mass is 651 g/mol. The summed E-state index contributed by atoms with van der Waals surface area (Å²) < 4.78 is 26.3. The lowest BCUT2D eigenvalue weighted by molar-refractivity contribution is 0.0733. The molecule has 2 amide bonds. The lowest BCUT2D eigenvalue weighted by Crippen LogP contribution is -2.52. The molecule has 240 valence electrons. The van der Waals surface area contributed by atoms with E-state index < -0.39 is 33.1 Å². The van der Waals surface area contributed by atoms with Crippen molar-refractivity contribution in [1.29, 1.82) is 0 Å². The summed E-state index contributed by atoms with van der Waals surface area (Å²) in [5, 5.41) is 22.9. The zero-order chi connectivity index (χ0) is 31.6. The first-order valence-electron chi connectivity index (χ1n) is 15.8. The van der Waals surface area contributed by atoms with Crippen molar-refractivity contribution >= 4 is 33.0 Å². The number of rotatable bonds is 9. The number of nitrogens with zero attached hydrogens (tertiary/aromatic N) is 2. The highest BCUT2D eigenvalue weighted by Crippen LogP contribution is 2.36. The molecule has 6 rings (SSSR count). The number of carbonyl (C=O) groups is 2. The van der Waals surface area contributed by atoms with Crippen LogP contribution in [-0.4, -0.2) is 85.3 Å². The van der Waals surface area contributed by atoms with E-state index in [2.05, 4.69) is 20.9 Å². The van der Waals surface area contributed by atoms with Gasteiger partial charge in [-0.05, 0) is 74.9 Å². The van der Waals surface area contributed by atoms with E-state index in [1.54, 1.807) is 23.1 Å². The maximum Gasteiger partial charge on any atom is 0.254 e. The van der Waals surface area contributed by atoms with Crippen LogP contribution in [0.25, 0.3) is 0 Å². The van der Waals surface area contributed by atoms with Crippen molar-refractivity contribution < 1.29 is 23.1 Å². The molecule has 3 saturated heterocycles. The first kappa shape index (κ1) is 31.8. The highest BCUT2D eigenvalue weighted by molar-refractivity contribution is 7.91. The molecule has 3 aliphatic rings. The number of aryl methyl sites for hydroxylation is 1. The van der Waals surface area contributed by atoms with E-state index in [0.717, 1.165) is 48.5 Å². The van der Waals surface area contributed by atoms with Gasteiger partial charge in [0, 0.05) is 47.9 Å². The molecule has 1 aromatic heterocycles. The number of amides is 2. The number of hydrogen-bond acceptors (Lipinski definition) is 9. The number of likely N-dealkylation sites (tertiary alicyclic amines) is 1. The van der Waals surface area contributed by atoms with Gasteiger partial charge in [-0.25, -0.2) is 13.4 Å². The average Bonchev–Trinajstić information content (AvgIpc) is 3.83. The topological polar surface area (TPSA) is 141 Å². The minimum Gasteiger partial charge on any atom is -0.389 e. The van der Waals surface area contributed by atoms with Gasteiger partial charge in [-0.2, -0.15) is 0 Å². The minimum absolute atomic E-state index is 0.0191. The van der Waals surface area contributed by atoms with Crippen molar-refractivity contribution in [3.63, 3.8) is 0 Å². The molecule has 3 aliphatic heterocycles. The molecule has 0 radical (unpaired) electrons. The lowest BCUT2D eigenvalue weighted by Gasteiger charge is -2.29. The van der Waals surface area contributed by atoms with E-state index in [1.807, 2.05) is 42.6 Å². The zero-order valence-corrected chi connectivity index (χ0v) is 27.1. The fourth-order valence-electron chi connectivity index (χ4n) is 6.75. The second kappa shape index (κ2) is 13.7. The Kier molecular flexibility index (Phi) is 9.67. The molecule has 10 nitrogen and oxygen atoms in total. The van der Waals surface area contributed by atoms with Gasteiger partial charge in [0.25, 0.3) is 11.8 Å². The maximum atomic E-state index is 14.1. The first-order valence-corrected chi connectivity index (χ1v) is 18.4. The summed E-state index contributed by atoms with van der Waals surface area (Å²) in [7, 11) is -3.50. The molecule has 0 aliphatic carbocycles. The fourth-order valence-corrected chi connectivity index (χ4v) is 9.33. The predicted octanol–water partition coefficient (Wildman–Crippen LogP) is 2.94. The van der Waals surface area contributed by atoms with Crippen LogP contribution < -0.4 is 16.0 Å². The number of hydrogen-bond donors (Lipinski definition) is 4. The standard InChI is InChI=1S/C33H41N5O5S2/c1-21-20-44-32(36-21)28-10-6-13-38(28)33(41)25-17-23(29-19-34-12-14-45(29,42)43)16-24(18-25)31(40)37-27(15-22-7-3-2-4-8-22)30(39)26-9-5-11-35-26/h2-4,7-8,16-18,20,26-30,34-35,39H,5-6,9-15,19H2,1H3,(H,37,40). The lowest BCUT2D eigenvalue weighted by atomic mass is 9.94. The molecule has 3 fully saturated rings. The minimum atomic E-state index is -3.50. The Labute approximate surface area is 268 Å². The maximum absolute atomic E-state index is 14.1. The Hall–Kier alpha value is -3.16. The SMILES string of the molecule is Cc1csc(C2CCCN2C(=O)c2cc(C(=O)NC(Cc3ccccc3)C(O)C3CCCN3)cc(C3CNCCS3(=O)=O)c2)n1. The van der Waals surface area contributed by atoms with Crippen molar-refractivity contribution in [2.45, 2.75) is 68.5 Å². The van der Waals surface area contributed by atoms with Gasteiger partial charge in [0.05, 0.1) is 29.2 Å². The number of aliphatic hydroxyl groups excluding tert-OH is 1. The molecule has 4 N–H and O–H groups in total. The van der Waals surface area contributed by atoms with Crippen LogP contribution in [-0.2, 0) is 16.3 Å². The molecule has 5 unspecified atom stereocenters. The van der Waals surface area contributed by atoms with E-state index in [1.165, 1.54) is 11.3 Å². The van der Waals surface area contributed by atoms with Gasteiger partial charge in [-0.1, -0.05) is 30.3 Å². The third-order valence-electron chi connectivity index (χ3n) is 9.14. The Morgan fingerprint density at radius 2 is 1.91 bits per heavy atom. The van der Waals surface area contributed by atoms with Crippen molar-refractivity contribution in [2.75, 3.05) is 31.9 Å². The third-order valence-corrected chi connectivity index (χ3v) is 12.3. The van der Waals surface area contributed by atoms with E-state index >= 15 is 0 Å². The third kappa shape index (κ3) is 7.15. The molecule has 0 bridgehead atoms. The molecular formula is C33H41N5O5S2. The number of aromatic nitrogens is 1. The molecule has 45 heavy (non-hydrogen) atoms. The number of thiazole rings is 1. The van der Waals surface area contributed by atoms with Crippen LogP contribution in [0.4, 0.5) is 0 Å². The van der Waals surface area contributed by atoms with E-state index in [4.69, 9.17) is 0 Å². The summed E-state index contributed by atoms with van der Waals surface area (Å²) in [6.07, 6.45) is 2.96. The van der Waals surface area contributed by atoms with Crippen LogP contribution in [0.2, 0.25) is 0 Å². The van der Waals surface area contributed by atoms with Crippen LogP contribution in [0.5, 0.6) is 0 Å². The van der Waals surface area contributed by atoms with Crippen LogP contribution in [0.15, 0.2) is 53.9 Å². The second-order valence-corrected chi connectivity index (χ2v) is 15.5. The average molecular weight is 652 g/mol. The molecule has 3 aromatic rings. The number of aliphatic hydroxyl groups is 1. The first-order chi connectivity index (χ1) is 21.7. The molecule has 2 aromatic carbocycles. The predicted molar refractivity (Wildman–Crippen MR) is 174 cm³/mol. The van der Waals surface area contributed by atoms with Gasteiger partial charge in [-0.3, -0.25) is 9.59 Å². The fraction of sp³-hybridized carbons (Fsp3) is 0.485. The largest absolute Gasteiger partial charge is 0.389 e. The molecule has 0 spiro atoms. The Morgan fingerprint density at radius 3 is 2.62 bits per heavy atom. The van der Waals surface area contributed by atoms with E-state index in [0.29, 0.717) is 25.1 Å². The van der Waals surface area contributed by atoms with Gasteiger partial charge in [0.15, 0.2) is 9.84 Å². The molecule has 0 saturated carbocycles. The van der Waals surface area contributed by atoms with Crippen LogP contribution >= 0.6 is 11.3 Å². The Balaban J connectivity index is 1.34. The van der Waals surface area contributed by atoms with Crippen molar-refractivity contribution in [3.05, 3.63) is 86.9 Å². The number of sulfone groups is 1. The Bertz CT molecular complexity index is 1620. The highest BCUT2D eigenvalue weighted by atomic mass is 32.2. The van der Waals surface area contributed by atoms with Gasteiger partial charge >= 0.3 is 0 Å². The van der Waals surface area contributed by atoms with Crippen LogP contribution in [0, 0.1) is 6.92 Å². The molecule has 5 atom stereocenters. The summed E-state index contributed by atoms with van der Waals surface area (Å²) >= 11 is 1.53. The summed E-state index contributed by atoms with van der Waals surface area (Å²) in [4.78, 5) is 34.5. The van der Waals surface area contributed by atoms with Crippen molar-refractivity contribution in [3.8, 4) is 0 Å². The molecule has 12 heteroatoms. The van der Waals surface area contributed by atoms with Gasteiger partial charge < -0.3 is 26.0 Å². The molecular weight excluding hydrogens is 611 g/mol. The van der Waals surface area contributed by atoms with E-state index in [9.17, 15) is 23.1 Å². The second-order valence-electron chi connectivity index (χ2n) is 12.4. The molecule has 4 heterocycles. The highest BCUT2D eigenvalue weighted by Gasteiger charge is 2.36. The Morgan fingerprint density at radius 1 is 1.11 bits per heavy atom. The van der Waals surface area contributed by atoms with Crippen molar-refractivity contribution in [1.82, 2.24) is 25.8 Å². The van der Waals surface area contributed by atoms with Gasteiger partial charge in [0.2, 0.25) is 0 Å². The van der Waals surface area contributed by atoms with Crippen molar-refractivity contribution in [2.24, 2.45) is 0 Å². The quantitative estimate of drug-likeness (QED) is 0.277. The van der Waals surface area contributed by atoms with Gasteiger partial charge in [-0.15, -0.1) is 11.3 Å². The summed E-state index contributed by atoms with van der Waals surface area (Å²) in [6, 6.07) is 13.6. The summed E-state index contributed by atoms with van der Waals surface area (Å²) in [5.41, 5.74) is 2.77. The number of nitrogens with one attached hydrogen (secondary N) is 3. The van der Waals surface area contributed by atoms with E-state index in [-0.39, 0.29) is 41.4 Å². The summed E-state index contributed by atoms with van der Waals surface area (Å²) in [5.74, 6) is -0.730. The smallest absolute Gasteiger partial charge is 0.254 e. The number of carbonyl (C=O) groups excluding carboxylic acids is 2. The number of benzene rings is 2. The van der Waals surface area contributed by atoms with Crippen LogP contribution in [0.1, 0.15) is 79.5 Å². The van der Waals surface area contributed by atoms with Crippen LogP contribution in [0.3, 0.4) is 0 Å². The normalized spacial score (nSPS) is 24.3. The summed E-state index contributed by atoms with van der Waals surface area (Å²) in [6.45, 7) is 3.86. The van der Waals surface area contributed by atoms with Gasteiger partial charge in [0.1, 0.15) is 5.01 Å².